The topological polar surface area (TPSA) is 96.0 Å². The molecule has 1 aromatic carbocycles. The number of nitrogens with zero attached hydrogens (tertiary/aromatic N) is 1. The largest absolute Gasteiger partial charge is 0.368 e. The molecule has 0 radical (unpaired) electrons. The Morgan fingerprint density at radius 2 is 2.11 bits per heavy atom. The third-order valence-corrected chi connectivity index (χ3v) is 3.02. The first-order chi connectivity index (χ1) is 8.97. The molecule has 5 nitrogen and oxygen atoms in total. The molecule has 0 aliphatic carbocycles. The molecule has 0 bridgehead atoms. The lowest BCUT2D eigenvalue weighted by Crippen LogP contribution is -2.48. The minimum absolute atomic E-state index is 0.121. The van der Waals surface area contributed by atoms with Crippen molar-refractivity contribution in [2.24, 2.45) is 11.7 Å². The van der Waals surface area contributed by atoms with Crippen molar-refractivity contribution < 1.29 is 9.59 Å². The summed E-state index contributed by atoms with van der Waals surface area (Å²) in [6, 6.07) is 7.53. The highest BCUT2D eigenvalue weighted by Gasteiger charge is 2.25. The first-order valence-corrected chi connectivity index (χ1v) is 6.06. The lowest BCUT2D eigenvalue weighted by Gasteiger charge is -2.20. The van der Waals surface area contributed by atoms with E-state index in [4.69, 9.17) is 22.6 Å². The van der Waals surface area contributed by atoms with Gasteiger partial charge in [-0.2, -0.15) is 5.26 Å². The molecule has 2 amide bonds. The summed E-state index contributed by atoms with van der Waals surface area (Å²) >= 11 is 5.89. The Hall–Kier alpha value is -2.06. The summed E-state index contributed by atoms with van der Waals surface area (Å²) < 4.78 is 0. The average molecular weight is 280 g/mol. The number of rotatable bonds is 5. The predicted molar refractivity (Wildman–Crippen MR) is 71.3 cm³/mol. The molecular weight excluding hydrogens is 266 g/mol. The van der Waals surface area contributed by atoms with E-state index < -0.39 is 17.9 Å². The fraction of sp³-hybridized carbons (Fsp3) is 0.308. The van der Waals surface area contributed by atoms with Gasteiger partial charge in [0.15, 0.2) is 0 Å². The minimum atomic E-state index is -0.900. The molecule has 0 spiro atoms. The van der Waals surface area contributed by atoms with Crippen molar-refractivity contribution in [3.05, 3.63) is 34.9 Å². The zero-order chi connectivity index (χ0) is 14.4. The van der Waals surface area contributed by atoms with E-state index in [-0.39, 0.29) is 22.9 Å². The highest BCUT2D eigenvalue weighted by molar-refractivity contribution is 6.33. The summed E-state index contributed by atoms with van der Waals surface area (Å²) in [4.78, 5) is 23.3. The Kier molecular flexibility index (Phi) is 5.34. The second-order valence-corrected chi connectivity index (χ2v) is 4.58. The van der Waals surface area contributed by atoms with Crippen molar-refractivity contribution in [3.63, 3.8) is 0 Å². The minimum Gasteiger partial charge on any atom is -0.368 e. The van der Waals surface area contributed by atoms with E-state index in [1.54, 1.807) is 31.2 Å². The number of benzene rings is 1. The number of hydrogen-bond donors (Lipinski definition) is 2. The number of amides is 2. The molecule has 0 aliphatic rings. The standard InChI is InChI=1S/C13H14ClN3O2/c1-8(6-7-15)11(12(16)18)17-13(19)9-4-2-3-5-10(9)14/h2-5,8,11H,6H2,1H3,(H2,16,18)(H,17,19)/t8-,11+/m0/s1. The Labute approximate surface area is 116 Å². The summed E-state index contributed by atoms with van der Waals surface area (Å²) in [5, 5.41) is 11.4. The summed E-state index contributed by atoms with van der Waals surface area (Å²) in [6.45, 7) is 1.67. The molecule has 0 aromatic heterocycles. The summed E-state index contributed by atoms with van der Waals surface area (Å²) in [5.41, 5.74) is 5.50. The highest BCUT2D eigenvalue weighted by atomic mass is 35.5. The molecule has 0 aliphatic heterocycles. The normalized spacial score (nSPS) is 13.1. The molecule has 19 heavy (non-hydrogen) atoms. The van der Waals surface area contributed by atoms with Crippen LogP contribution in [-0.2, 0) is 4.79 Å². The Morgan fingerprint density at radius 1 is 1.47 bits per heavy atom. The van der Waals surface area contributed by atoms with Crippen molar-refractivity contribution in [1.82, 2.24) is 5.32 Å². The van der Waals surface area contributed by atoms with Crippen LogP contribution in [0.3, 0.4) is 0 Å². The van der Waals surface area contributed by atoms with Gasteiger partial charge in [-0.3, -0.25) is 9.59 Å². The van der Waals surface area contributed by atoms with Gasteiger partial charge in [0, 0.05) is 6.42 Å². The maximum atomic E-state index is 12.0. The predicted octanol–water partition coefficient (Wildman–Crippen LogP) is 1.47. The van der Waals surface area contributed by atoms with Gasteiger partial charge < -0.3 is 11.1 Å². The fourth-order valence-corrected chi connectivity index (χ4v) is 1.84. The third kappa shape index (κ3) is 3.97. The molecule has 0 heterocycles. The van der Waals surface area contributed by atoms with Gasteiger partial charge in [-0.1, -0.05) is 30.7 Å². The van der Waals surface area contributed by atoms with Gasteiger partial charge in [-0.15, -0.1) is 0 Å². The van der Waals surface area contributed by atoms with Crippen molar-refractivity contribution in [1.29, 1.82) is 5.26 Å². The van der Waals surface area contributed by atoms with Crippen molar-refractivity contribution >= 4 is 23.4 Å². The quantitative estimate of drug-likeness (QED) is 0.854. The van der Waals surface area contributed by atoms with Crippen LogP contribution in [-0.4, -0.2) is 17.9 Å². The zero-order valence-electron chi connectivity index (χ0n) is 10.4. The van der Waals surface area contributed by atoms with Gasteiger partial charge in [-0.25, -0.2) is 0 Å². The van der Waals surface area contributed by atoms with Crippen LogP contribution in [0, 0.1) is 17.2 Å². The van der Waals surface area contributed by atoms with Crippen molar-refractivity contribution in [3.8, 4) is 6.07 Å². The van der Waals surface area contributed by atoms with E-state index >= 15 is 0 Å². The lowest BCUT2D eigenvalue weighted by molar-refractivity contribution is -0.120. The number of carbonyl (C=O) groups excluding carboxylic acids is 2. The molecule has 0 unspecified atom stereocenters. The average Bonchev–Trinajstić information content (AvgIpc) is 2.36. The summed E-state index contributed by atoms with van der Waals surface area (Å²) in [6.07, 6.45) is 0.121. The Balaban J connectivity index is 2.87. The second-order valence-electron chi connectivity index (χ2n) is 4.17. The molecule has 0 fully saturated rings. The van der Waals surface area contributed by atoms with E-state index in [0.717, 1.165) is 0 Å². The first kappa shape index (κ1) is 15.0. The van der Waals surface area contributed by atoms with Crippen molar-refractivity contribution in [2.75, 3.05) is 0 Å². The van der Waals surface area contributed by atoms with E-state index in [2.05, 4.69) is 5.32 Å². The lowest BCUT2D eigenvalue weighted by atomic mass is 9.98. The molecular formula is C13H14ClN3O2. The van der Waals surface area contributed by atoms with Crippen LogP contribution in [0.25, 0.3) is 0 Å². The maximum absolute atomic E-state index is 12.0. The first-order valence-electron chi connectivity index (χ1n) is 5.69. The monoisotopic (exact) mass is 279 g/mol. The summed E-state index contributed by atoms with van der Waals surface area (Å²) in [5.74, 6) is -1.53. The van der Waals surface area contributed by atoms with E-state index in [1.165, 1.54) is 0 Å². The molecule has 2 atom stereocenters. The SMILES string of the molecule is C[C@@H](CC#N)[C@@H](NC(=O)c1ccccc1Cl)C(N)=O. The third-order valence-electron chi connectivity index (χ3n) is 2.69. The van der Waals surface area contributed by atoms with Crippen LogP contribution in [0.15, 0.2) is 24.3 Å². The highest BCUT2D eigenvalue weighted by Crippen LogP contribution is 2.16. The van der Waals surface area contributed by atoms with Crippen LogP contribution in [0.1, 0.15) is 23.7 Å². The van der Waals surface area contributed by atoms with Crippen LogP contribution < -0.4 is 11.1 Å². The molecule has 100 valence electrons. The van der Waals surface area contributed by atoms with Crippen LogP contribution in [0.5, 0.6) is 0 Å². The van der Waals surface area contributed by atoms with E-state index in [0.29, 0.717) is 0 Å². The van der Waals surface area contributed by atoms with Crippen LogP contribution >= 0.6 is 11.6 Å². The fourth-order valence-electron chi connectivity index (χ4n) is 1.62. The molecule has 1 rings (SSSR count). The maximum Gasteiger partial charge on any atom is 0.253 e. The number of nitriles is 1. The van der Waals surface area contributed by atoms with Gasteiger partial charge in [-0.05, 0) is 18.1 Å². The number of nitrogens with one attached hydrogen (secondary N) is 1. The molecule has 0 saturated carbocycles. The van der Waals surface area contributed by atoms with Gasteiger partial charge in [0.05, 0.1) is 16.7 Å². The number of hydrogen-bond acceptors (Lipinski definition) is 3. The van der Waals surface area contributed by atoms with Gasteiger partial charge in [0.1, 0.15) is 6.04 Å². The van der Waals surface area contributed by atoms with Crippen molar-refractivity contribution in [2.45, 2.75) is 19.4 Å². The van der Waals surface area contributed by atoms with E-state index in [1.807, 2.05) is 6.07 Å². The molecule has 0 saturated heterocycles. The van der Waals surface area contributed by atoms with Gasteiger partial charge in [0.25, 0.3) is 5.91 Å². The number of nitrogens with two attached hydrogens (primary N) is 1. The Morgan fingerprint density at radius 3 is 2.63 bits per heavy atom. The number of carbonyl (C=O) groups is 2. The van der Waals surface area contributed by atoms with Gasteiger partial charge in [0.2, 0.25) is 5.91 Å². The van der Waals surface area contributed by atoms with Gasteiger partial charge >= 0.3 is 0 Å². The number of primary amides is 1. The molecule has 6 heteroatoms. The summed E-state index contributed by atoms with van der Waals surface area (Å²) in [7, 11) is 0. The molecule has 1 aromatic rings. The zero-order valence-corrected chi connectivity index (χ0v) is 11.1. The second kappa shape index (κ2) is 6.76. The Bertz CT molecular complexity index is 525. The smallest absolute Gasteiger partial charge is 0.253 e. The van der Waals surface area contributed by atoms with E-state index in [9.17, 15) is 9.59 Å². The number of halogens is 1. The molecule has 3 N–H and O–H groups in total. The van der Waals surface area contributed by atoms with Crippen LogP contribution in [0.4, 0.5) is 0 Å². The van der Waals surface area contributed by atoms with Crippen LogP contribution in [0.2, 0.25) is 5.02 Å².